The maximum Gasteiger partial charge on any atom is 0.223 e. The number of halogens is 3. The summed E-state index contributed by atoms with van der Waals surface area (Å²) in [5.41, 5.74) is 0.955. The number of ether oxygens (including phenoxy) is 2. The van der Waals surface area contributed by atoms with Crippen LogP contribution in [0.15, 0.2) is 40.9 Å². The first-order valence-electron chi connectivity index (χ1n) is 7.82. The predicted octanol–water partition coefficient (Wildman–Crippen LogP) is 4.65. The fourth-order valence-electron chi connectivity index (χ4n) is 2.63. The van der Waals surface area contributed by atoms with Crippen LogP contribution in [0.3, 0.4) is 0 Å². The summed E-state index contributed by atoms with van der Waals surface area (Å²) in [6.45, 7) is 0.715. The summed E-state index contributed by atoms with van der Waals surface area (Å²) in [6.07, 6.45) is 0.883. The highest BCUT2D eigenvalue weighted by atomic mass is 79.9. The Morgan fingerprint density at radius 2 is 2.20 bits per heavy atom. The molecule has 25 heavy (non-hydrogen) atoms. The molecular formula is C18H16BrClFNO3. The first-order chi connectivity index (χ1) is 12.0. The van der Waals surface area contributed by atoms with Gasteiger partial charge in [-0.25, -0.2) is 4.39 Å². The Morgan fingerprint density at radius 3 is 3.00 bits per heavy atom. The molecule has 3 rings (SSSR count). The highest BCUT2D eigenvalue weighted by molar-refractivity contribution is 9.10. The van der Waals surface area contributed by atoms with Crippen LogP contribution in [0.25, 0.3) is 0 Å². The molecule has 4 nitrogen and oxygen atoms in total. The zero-order chi connectivity index (χ0) is 17.8. The van der Waals surface area contributed by atoms with E-state index < -0.39 is 5.82 Å². The van der Waals surface area contributed by atoms with Crippen LogP contribution in [-0.2, 0) is 4.79 Å². The van der Waals surface area contributed by atoms with Gasteiger partial charge in [-0.2, -0.15) is 0 Å². The minimum absolute atomic E-state index is 0.0943. The van der Waals surface area contributed by atoms with E-state index in [0.29, 0.717) is 18.8 Å². The second-order valence-corrected chi connectivity index (χ2v) is 6.94. The molecule has 0 bridgehead atoms. The largest absolute Gasteiger partial charge is 0.493 e. The van der Waals surface area contributed by atoms with Gasteiger partial charge in [0.25, 0.3) is 0 Å². The van der Waals surface area contributed by atoms with Gasteiger partial charge in [0.05, 0.1) is 30.7 Å². The van der Waals surface area contributed by atoms with Crippen LogP contribution in [0.2, 0.25) is 5.02 Å². The topological polar surface area (TPSA) is 47.6 Å². The SMILES string of the molecule is O=C(CCOc1ccc(F)cc1Cl)NC1CCOc2ccc(Br)cc21. The van der Waals surface area contributed by atoms with Crippen molar-refractivity contribution in [1.82, 2.24) is 5.32 Å². The standard InChI is InChI=1S/C18H16BrClFNO3/c19-11-1-3-16-13(9-11)15(5-7-24-16)22-18(23)6-8-25-17-4-2-12(21)10-14(17)20/h1-4,9-10,15H,5-8H2,(H,22,23). The first kappa shape index (κ1) is 18.0. The molecule has 0 spiro atoms. The lowest BCUT2D eigenvalue weighted by Gasteiger charge is -2.27. The number of nitrogens with one attached hydrogen (secondary N) is 1. The van der Waals surface area contributed by atoms with Gasteiger partial charge in [0.1, 0.15) is 17.3 Å². The lowest BCUT2D eigenvalue weighted by molar-refractivity contribution is -0.122. The molecule has 1 atom stereocenters. The fourth-order valence-corrected chi connectivity index (χ4v) is 3.23. The average Bonchev–Trinajstić information content (AvgIpc) is 2.57. The van der Waals surface area contributed by atoms with Crippen molar-refractivity contribution in [3.63, 3.8) is 0 Å². The van der Waals surface area contributed by atoms with E-state index in [0.717, 1.165) is 15.8 Å². The summed E-state index contributed by atoms with van der Waals surface area (Å²) in [5.74, 6) is 0.584. The molecule has 7 heteroatoms. The normalized spacial score (nSPS) is 15.9. The smallest absolute Gasteiger partial charge is 0.223 e. The van der Waals surface area contributed by atoms with E-state index in [4.69, 9.17) is 21.1 Å². The summed E-state index contributed by atoms with van der Waals surface area (Å²) in [6, 6.07) is 9.53. The van der Waals surface area contributed by atoms with Crippen molar-refractivity contribution in [3.05, 3.63) is 57.3 Å². The average molecular weight is 429 g/mol. The van der Waals surface area contributed by atoms with Crippen LogP contribution in [0, 0.1) is 5.82 Å². The van der Waals surface area contributed by atoms with Crippen molar-refractivity contribution in [2.75, 3.05) is 13.2 Å². The molecule has 1 aliphatic rings. The van der Waals surface area contributed by atoms with Gasteiger partial charge in [0, 0.05) is 16.5 Å². The van der Waals surface area contributed by atoms with Crippen molar-refractivity contribution in [2.45, 2.75) is 18.9 Å². The molecule has 0 fully saturated rings. The van der Waals surface area contributed by atoms with E-state index >= 15 is 0 Å². The molecule has 0 radical (unpaired) electrons. The molecule has 1 aliphatic heterocycles. The zero-order valence-electron chi connectivity index (χ0n) is 13.2. The van der Waals surface area contributed by atoms with Gasteiger partial charge in [-0.05, 0) is 36.4 Å². The lowest BCUT2D eigenvalue weighted by Crippen LogP contribution is -2.32. The maximum atomic E-state index is 13.0. The molecule has 2 aromatic carbocycles. The van der Waals surface area contributed by atoms with Crippen molar-refractivity contribution in [2.24, 2.45) is 0 Å². The molecule has 2 aromatic rings. The number of hydrogen-bond acceptors (Lipinski definition) is 3. The van der Waals surface area contributed by atoms with Gasteiger partial charge in [-0.1, -0.05) is 27.5 Å². The van der Waals surface area contributed by atoms with Gasteiger partial charge >= 0.3 is 0 Å². The molecule has 1 N–H and O–H groups in total. The zero-order valence-corrected chi connectivity index (χ0v) is 15.6. The third-order valence-corrected chi connectivity index (χ3v) is 4.62. The van der Waals surface area contributed by atoms with Gasteiger partial charge in [0.2, 0.25) is 5.91 Å². The molecule has 0 saturated carbocycles. The Morgan fingerprint density at radius 1 is 1.36 bits per heavy atom. The van der Waals surface area contributed by atoms with Crippen molar-refractivity contribution in [1.29, 1.82) is 0 Å². The van der Waals surface area contributed by atoms with E-state index in [-0.39, 0.29) is 30.0 Å². The molecule has 1 amide bonds. The Bertz CT molecular complexity index is 787. The van der Waals surface area contributed by atoms with Crippen molar-refractivity contribution in [3.8, 4) is 11.5 Å². The minimum atomic E-state index is -0.431. The predicted molar refractivity (Wildman–Crippen MR) is 96.7 cm³/mol. The lowest BCUT2D eigenvalue weighted by atomic mass is 10.0. The van der Waals surface area contributed by atoms with E-state index in [9.17, 15) is 9.18 Å². The summed E-state index contributed by atoms with van der Waals surface area (Å²) in [5, 5.41) is 3.18. The Labute approximate surface area is 158 Å². The highest BCUT2D eigenvalue weighted by Crippen LogP contribution is 2.34. The molecule has 1 unspecified atom stereocenters. The summed E-state index contributed by atoms with van der Waals surface area (Å²) in [7, 11) is 0. The quantitative estimate of drug-likeness (QED) is 0.754. The summed E-state index contributed by atoms with van der Waals surface area (Å²) >= 11 is 9.32. The molecule has 1 heterocycles. The number of hydrogen-bond donors (Lipinski definition) is 1. The second-order valence-electron chi connectivity index (χ2n) is 5.61. The van der Waals surface area contributed by atoms with Crippen molar-refractivity contribution >= 4 is 33.4 Å². The fraction of sp³-hybridized carbons (Fsp3) is 0.278. The van der Waals surface area contributed by atoms with Crippen molar-refractivity contribution < 1.29 is 18.7 Å². The number of rotatable bonds is 5. The Balaban J connectivity index is 1.54. The van der Waals surface area contributed by atoms with Gasteiger partial charge in [-0.3, -0.25) is 4.79 Å². The number of amides is 1. The molecular weight excluding hydrogens is 413 g/mol. The van der Waals surface area contributed by atoms with Crippen LogP contribution >= 0.6 is 27.5 Å². The van der Waals surface area contributed by atoms with Crippen LogP contribution in [0.5, 0.6) is 11.5 Å². The third-order valence-electron chi connectivity index (χ3n) is 3.83. The summed E-state index contributed by atoms with van der Waals surface area (Å²) in [4.78, 5) is 12.2. The number of carbonyl (C=O) groups is 1. The van der Waals surface area contributed by atoms with E-state index in [1.807, 2.05) is 18.2 Å². The minimum Gasteiger partial charge on any atom is -0.493 e. The molecule has 0 aromatic heterocycles. The third kappa shape index (κ3) is 4.64. The van der Waals surface area contributed by atoms with E-state index in [2.05, 4.69) is 21.2 Å². The van der Waals surface area contributed by atoms with Gasteiger partial charge in [0.15, 0.2) is 0 Å². The first-order valence-corrected chi connectivity index (χ1v) is 8.99. The van der Waals surface area contributed by atoms with Gasteiger partial charge < -0.3 is 14.8 Å². The molecule has 0 aliphatic carbocycles. The highest BCUT2D eigenvalue weighted by Gasteiger charge is 2.23. The van der Waals surface area contributed by atoms with Crippen LogP contribution in [0.4, 0.5) is 4.39 Å². The number of fused-ring (bicyclic) bond motifs is 1. The Kier molecular flexibility index (Phi) is 5.81. The molecule has 0 saturated heterocycles. The number of benzene rings is 2. The van der Waals surface area contributed by atoms with Crippen LogP contribution < -0.4 is 14.8 Å². The molecule has 132 valence electrons. The monoisotopic (exact) mass is 427 g/mol. The van der Waals surface area contributed by atoms with E-state index in [1.165, 1.54) is 18.2 Å². The Hall–Kier alpha value is -1.79. The number of carbonyl (C=O) groups excluding carboxylic acids is 1. The maximum absolute atomic E-state index is 13.0. The van der Waals surface area contributed by atoms with Crippen LogP contribution in [0.1, 0.15) is 24.4 Å². The van der Waals surface area contributed by atoms with Crippen LogP contribution in [-0.4, -0.2) is 19.1 Å². The van der Waals surface area contributed by atoms with Gasteiger partial charge in [-0.15, -0.1) is 0 Å². The summed E-state index contributed by atoms with van der Waals surface area (Å²) < 4.78 is 25.0. The second kappa shape index (κ2) is 8.06. The van der Waals surface area contributed by atoms with E-state index in [1.54, 1.807) is 0 Å².